The van der Waals surface area contributed by atoms with E-state index in [1.54, 1.807) is 0 Å². The standard InChI is InChI=1S/C15H25NO3/c1-15(2,3)14(19)16-10-12(13(17)18)9-11-7-5-4-6-8-11/h4-5,11-12H,6-10H2,1-3H3,(H,16,19)(H,17,18). The van der Waals surface area contributed by atoms with Gasteiger partial charge in [-0.2, -0.15) is 0 Å². The second-order valence-corrected chi connectivity index (χ2v) is 6.38. The maximum atomic E-state index is 11.8. The summed E-state index contributed by atoms with van der Waals surface area (Å²) in [6.07, 6.45) is 7.95. The van der Waals surface area contributed by atoms with Gasteiger partial charge in [-0.25, -0.2) is 0 Å². The van der Waals surface area contributed by atoms with E-state index in [0.29, 0.717) is 12.3 Å². The summed E-state index contributed by atoms with van der Waals surface area (Å²) < 4.78 is 0. The Hall–Kier alpha value is -1.32. The Morgan fingerprint density at radius 1 is 1.37 bits per heavy atom. The molecule has 0 radical (unpaired) electrons. The molecular weight excluding hydrogens is 242 g/mol. The molecule has 0 fully saturated rings. The molecular formula is C15H25NO3. The van der Waals surface area contributed by atoms with Crippen LogP contribution in [-0.4, -0.2) is 23.5 Å². The lowest BCUT2D eigenvalue weighted by Gasteiger charge is -2.24. The molecule has 0 bridgehead atoms. The van der Waals surface area contributed by atoms with Crippen LogP contribution in [0.15, 0.2) is 12.2 Å². The molecule has 2 N–H and O–H groups in total. The van der Waals surface area contributed by atoms with E-state index < -0.39 is 17.3 Å². The molecule has 1 rings (SSSR count). The van der Waals surface area contributed by atoms with E-state index in [4.69, 9.17) is 0 Å². The highest BCUT2D eigenvalue weighted by molar-refractivity contribution is 5.82. The van der Waals surface area contributed by atoms with Gasteiger partial charge < -0.3 is 10.4 Å². The molecule has 1 amide bonds. The van der Waals surface area contributed by atoms with Crippen molar-refractivity contribution in [3.63, 3.8) is 0 Å². The van der Waals surface area contributed by atoms with Crippen LogP contribution in [0.25, 0.3) is 0 Å². The van der Waals surface area contributed by atoms with Crippen LogP contribution >= 0.6 is 0 Å². The number of carbonyl (C=O) groups is 2. The average molecular weight is 267 g/mol. The molecule has 2 atom stereocenters. The predicted octanol–water partition coefficient (Wildman–Crippen LogP) is 2.60. The van der Waals surface area contributed by atoms with Gasteiger partial charge in [0.15, 0.2) is 0 Å². The summed E-state index contributed by atoms with van der Waals surface area (Å²) in [6, 6.07) is 0. The molecule has 0 aromatic heterocycles. The SMILES string of the molecule is CC(C)(C)C(=O)NCC(CC1CC=CCC1)C(=O)O. The van der Waals surface area contributed by atoms with E-state index in [1.165, 1.54) is 0 Å². The highest BCUT2D eigenvalue weighted by Gasteiger charge is 2.26. The van der Waals surface area contributed by atoms with Crippen molar-refractivity contribution < 1.29 is 14.7 Å². The van der Waals surface area contributed by atoms with Crippen LogP contribution in [0.4, 0.5) is 0 Å². The number of allylic oxidation sites excluding steroid dienone is 2. The Bertz CT molecular complexity index is 355. The summed E-state index contributed by atoms with van der Waals surface area (Å²) in [4.78, 5) is 23.0. The summed E-state index contributed by atoms with van der Waals surface area (Å²) in [5.74, 6) is -0.966. The van der Waals surface area contributed by atoms with Crippen molar-refractivity contribution in [2.24, 2.45) is 17.3 Å². The van der Waals surface area contributed by atoms with Crippen LogP contribution < -0.4 is 5.32 Å². The lowest BCUT2D eigenvalue weighted by Crippen LogP contribution is -2.40. The number of amides is 1. The van der Waals surface area contributed by atoms with E-state index in [9.17, 15) is 14.7 Å². The molecule has 0 saturated heterocycles. The highest BCUT2D eigenvalue weighted by atomic mass is 16.4. The van der Waals surface area contributed by atoms with Crippen molar-refractivity contribution in [3.05, 3.63) is 12.2 Å². The van der Waals surface area contributed by atoms with Crippen LogP contribution in [0.3, 0.4) is 0 Å². The van der Waals surface area contributed by atoms with Gasteiger partial charge in [0.2, 0.25) is 5.91 Å². The third-order valence-electron chi connectivity index (χ3n) is 3.53. The fourth-order valence-electron chi connectivity index (χ4n) is 2.23. The quantitative estimate of drug-likeness (QED) is 0.752. The topological polar surface area (TPSA) is 66.4 Å². The van der Waals surface area contributed by atoms with Crippen molar-refractivity contribution >= 4 is 11.9 Å². The number of carbonyl (C=O) groups excluding carboxylic acids is 1. The minimum atomic E-state index is -0.816. The Kier molecular flexibility index (Phi) is 5.58. The largest absolute Gasteiger partial charge is 0.481 e. The third-order valence-corrected chi connectivity index (χ3v) is 3.53. The maximum Gasteiger partial charge on any atom is 0.308 e. The minimum absolute atomic E-state index is 0.0951. The van der Waals surface area contributed by atoms with Crippen LogP contribution in [0, 0.1) is 17.3 Å². The number of nitrogens with one attached hydrogen (secondary N) is 1. The molecule has 0 spiro atoms. The number of hydrogen-bond donors (Lipinski definition) is 2. The van der Waals surface area contributed by atoms with Crippen LogP contribution in [0.2, 0.25) is 0 Å². The van der Waals surface area contributed by atoms with Gasteiger partial charge in [-0.05, 0) is 31.6 Å². The Morgan fingerprint density at radius 3 is 2.53 bits per heavy atom. The van der Waals surface area contributed by atoms with Crippen LogP contribution in [0.1, 0.15) is 46.5 Å². The summed E-state index contributed by atoms with van der Waals surface area (Å²) in [6.45, 7) is 5.70. The third kappa shape index (κ3) is 5.45. The first-order valence-electron chi connectivity index (χ1n) is 6.97. The molecule has 0 saturated carbocycles. The van der Waals surface area contributed by atoms with Gasteiger partial charge >= 0.3 is 5.97 Å². The molecule has 0 aromatic rings. The van der Waals surface area contributed by atoms with Crippen LogP contribution in [0.5, 0.6) is 0 Å². The summed E-state index contributed by atoms with van der Waals surface area (Å²) >= 11 is 0. The number of aliphatic carboxylic acids is 1. The molecule has 0 heterocycles. The molecule has 108 valence electrons. The van der Waals surface area contributed by atoms with Gasteiger partial charge in [-0.1, -0.05) is 32.9 Å². The van der Waals surface area contributed by atoms with E-state index in [2.05, 4.69) is 17.5 Å². The van der Waals surface area contributed by atoms with E-state index >= 15 is 0 Å². The van der Waals surface area contributed by atoms with Crippen molar-refractivity contribution in [3.8, 4) is 0 Å². The summed E-state index contributed by atoms with van der Waals surface area (Å²) in [5.41, 5.74) is -0.476. The molecule has 19 heavy (non-hydrogen) atoms. The normalized spacial score (nSPS) is 20.9. The van der Waals surface area contributed by atoms with E-state index in [1.807, 2.05) is 20.8 Å². The first-order valence-corrected chi connectivity index (χ1v) is 6.97. The predicted molar refractivity (Wildman–Crippen MR) is 74.7 cm³/mol. The number of rotatable bonds is 5. The van der Waals surface area contributed by atoms with E-state index in [0.717, 1.165) is 19.3 Å². The minimum Gasteiger partial charge on any atom is -0.481 e. The second kappa shape index (κ2) is 6.73. The fourth-order valence-corrected chi connectivity index (χ4v) is 2.23. The molecule has 1 aliphatic carbocycles. The first kappa shape index (κ1) is 15.7. The summed E-state index contributed by atoms with van der Waals surface area (Å²) in [5, 5.41) is 12.0. The lowest BCUT2D eigenvalue weighted by molar-refractivity contribution is -0.142. The van der Waals surface area contributed by atoms with Crippen molar-refractivity contribution in [2.45, 2.75) is 46.5 Å². The maximum absolute atomic E-state index is 11.8. The zero-order valence-electron chi connectivity index (χ0n) is 12.1. The lowest BCUT2D eigenvalue weighted by atomic mass is 9.85. The zero-order chi connectivity index (χ0) is 14.5. The van der Waals surface area contributed by atoms with Gasteiger partial charge in [-0.3, -0.25) is 9.59 Å². The highest BCUT2D eigenvalue weighted by Crippen LogP contribution is 2.25. The van der Waals surface area contributed by atoms with E-state index in [-0.39, 0.29) is 12.5 Å². The monoisotopic (exact) mass is 267 g/mol. The molecule has 4 nitrogen and oxygen atoms in total. The molecule has 0 aromatic carbocycles. The number of hydrogen-bond acceptors (Lipinski definition) is 2. The van der Waals surface area contributed by atoms with Crippen molar-refractivity contribution in [1.29, 1.82) is 0 Å². The van der Waals surface area contributed by atoms with Gasteiger partial charge in [0.1, 0.15) is 0 Å². The molecule has 4 heteroatoms. The van der Waals surface area contributed by atoms with Gasteiger partial charge in [-0.15, -0.1) is 0 Å². The summed E-state index contributed by atoms with van der Waals surface area (Å²) in [7, 11) is 0. The fraction of sp³-hybridized carbons (Fsp3) is 0.733. The molecule has 0 aliphatic heterocycles. The second-order valence-electron chi connectivity index (χ2n) is 6.38. The smallest absolute Gasteiger partial charge is 0.308 e. The Labute approximate surface area is 115 Å². The van der Waals surface area contributed by atoms with Crippen molar-refractivity contribution in [1.82, 2.24) is 5.32 Å². The molecule has 1 aliphatic rings. The number of carboxylic acid groups (broad SMARTS) is 1. The zero-order valence-corrected chi connectivity index (χ0v) is 12.1. The average Bonchev–Trinajstić information content (AvgIpc) is 2.33. The first-order chi connectivity index (χ1) is 8.80. The van der Waals surface area contributed by atoms with Gasteiger partial charge in [0, 0.05) is 12.0 Å². The van der Waals surface area contributed by atoms with Crippen LogP contribution in [-0.2, 0) is 9.59 Å². The van der Waals surface area contributed by atoms with Crippen molar-refractivity contribution in [2.75, 3.05) is 6.54 Å². The van der Waals surface area contributed by atoms with Gasteiger partial charge in [0.05, 0.1) is 5.92 Å². The molecule has 2 unspecified atom stereocenters. The Balaban J connectivity index is 2.47. The Morgan fingerprint density at radius 2 is 2.05 bits per heavy atom. The van der Waals surface area contributed by atoms with Gasteiger partial charge in [0.25, 0.3) is 0 Å². The number of carboxylic acids is 1.